The van der Waals surface area contributed by atoms with Crippen LogP contribution in [0.1, 0.15) is 25.7 Å². The molecule has 1 unspecified atom stereocenters. The molecule has 1 aromatic rings. The SMILES string of the molecule is CNCCCC(=O)NC1CCCN(c2cccc(OC)c2)C1.Cl.Cl. The quantitative estimate of drug-likeness (QED) is 0.717. The molecule has 1 fully saturated rings. The molecule has 1 heterocycles. The highest BCUT2D eigenvalue weighted by molar-refractivity contribution is 5.85. The van der Waals surface area contributed by atoms with Gasteiger partial charge in [0.1, 0.15) is 5.75 Å². The molecule has 2 rings (SSSR count). The fourth-order valence-electron chi connectivity index (χ4n) is 2.86. The maximum absolute atomic E-state index is 12.0. The molecular weight excluding hydrogens is 349 g/mol. The third kappa shape index (κ3) is 7.16. The van der Waals surface area contributed by atoms with Gasteiger partial charge in [-0.2, -0.15) is 0 Å². The second-order valence-electron chi connectivity index (χ2n) is 5.76. The number of halogens is 2. The summed E-state index contributed by atoms with van der Waals surface area (Å²) in [4.78, 5) is 14.3. The molecular formula is C17H29Cl2N3O2. The molecule has 0 aromatic heterocycles. The number of nitrogens with one attached hydrogen (secondary N) is 2. The molecule has 5 nitrogen and oxygen atoms in total. The van der Waals surface area contributed by atoms with Crippen LogP contribution in [0, 0.1) is 0 Å². The van der Waals surface area contributed by atoms with Crippen LogP contribution in [0.4, 0.5) is 5.69 Å². The summed E-state index contributed by atoms with van der Waals surface area (Å²) in [5.41, 5.74) is 1.16. The van der Waals surface area contributed by atoms with Gasteiger partial charge in [-0.1, -0.05) is 6.07 Å². The lowest BCUT2D eigenvalue weighted by Crippen LogP contribution is -2.47. The van der Waals surface area contributed by atoms with Crippen molar-refractivity contribution in [2.75, 3.05) is 38.7 Å². The maximum atomic E-state index is 12.0. The van der Waals surface area contributed by atoms with E-state index in [4.69, 9.17) is 4.74 Å². The Morgan fingerprint density at radius 3 is 2.88 bits per heavy atom. The van der Waals surface area contributed by atoms with E-state index in [9.17, 15) is 4.79 Å². The van der Waals surface area contributed by atoms with Gasteiger partial charge in [-0.25, -0.2) is 0 Å². The summed E-state index contributed by atoms with van der Waals surface area (Å²) < 4.78 is 5.29. The first-order valence-electron chi connectivity index (χ1n) is 8.06. The molecule has 1 aliphatic rings. The molecule has 0 radical (unpaired) electrons. The van der Waals surface area contributed by atoms with Crippen molar-refractivity contribution >= 4 is 36.4 Å². The highest BCUT2D eigenvalue weighted by atomic mass is 35.5. The van der Waals surface area contributed by atoms with Gasteiger partial charge >= 0.3 is 0 Å². The van der Waals surface area contributed by atoms with Gasteiger partial charge in [0.25, 0.3) is 0 Å². The second-order valence-corrected chi connectivity index (χ2v) is 5.76. The number of carbonyl (C=O) groups is 1. The van der Waals surface area contributed by atoms with Gasteiger partial charge < -0.3 is 20.3 Å². The largest absolute Gasteiger partial charge is 0.497 e. The van der Waals surface area contributed by atoms with Crippen LogP contribution in [-0.4, -0.2) is 45.7 Å². The third-order valence-electron chi connectivity index (χ3n) is 4.04. The van der Waals surface area contributed by atoms with E-state index >= 15 is 0 Å². The first-order valence-corrected chi connectivity index (χ1v) is 8.06. The number of piperidine rings is 1. The monoisotopic (exact) mass is 377 g/mol. The lowest BCUT2D eigenvalue weighted by Gasteiger charge is -2.35. The molecule has 24 heavy (non-hydrogen) atoms. The predicted molar refractivity (Wildman–Crippen MR) is 104 cm³/mol. The Kier molecular flexibility index (Phi) is 11.6. The number of methoxy groups -OCH3 is 1. The van der Waals surface area contributed by atoms with Crippen molar-refractivity contribution in [3.8, 4) is 5.75 Å². The standard InChI is InChI=1S/C17H27N3O2.2ClH/c1-18-10-4-9-17(21)19-14-6-5-11-20(13-14)15-7-3-8-16(12-15)22-2;;/h3,7-8,12,14,18H,4-6,9-11,13H2,1-2H3,(H,19,21);2*1H. The van der Waals surface area contributed by atoms with Crippen molar-refractivity contribution in [3.05, 3.63) is 24.3 Å². The molecule has 2 N–H and O–H groups in total. The Balaban J connectivity index is 0.00000264. The van der Waals surface area contributed by atoms with Crippen LogP contribution >= 0.6 is 24.8 Å². The second kappa shape index (κ2) is 12.2. The van der Waals surface area contributed by atoms with Gasteiger partial charge in [0.15, 0.2) is 0 Å². The Morgan fingerprint density at radius 2 is 2.17 bits per heavy atom. The Morgan fingerprint density at radius 1 is 1.38 bits per heavy atom. The number of rotatable bonds is 7. The van der Waals surface area contributed by atoms with Gasteiger partial charge in [-0.15, -0.1) is 24.8 Å². The topological polar surface area (TPSA) is 53.6 Å². The average Bonchev–Trinajstić information content (AvgIpc) is 2.55. The van der Waals surface area contributed by atoms with E-state index < -0.39 is 0 Å². The van der Waals surface area contributed by atoms with Crippen LogP contribution in [0.25, 0.3) is 0 Å². The Bertz CT molecular complexity index is 489. The number of hydrogen-bond donors (Lipinski definition) is 2. The van der Waals surface area contributed by atoms with Gasteiger partial charge in [-0.05, 0) is 45.0 Å². The minimum Gasteiger partial charge on any atom is -0.497 e. The predicted octanol–water partition coefficient (Wildman–Crippen LogP) is 2.62. The highest BCUT2D eigenvalue weighted by Crippen LogP contribution is 2.24. The zero-order valence-electron chi connectivity index (χ0n) is 14.4. The minimum absolute atomic E-state index is 0. The summed E-state index contributed by atoms with van der Waals surface area (Å²) in [6, 6.07) is 8.35. The van der Waals surface area contributed by atoms with Crippen LogP contribution in [-0.2, 0) is 4.79 Å². The van der Waals surface area contributed by atoms with Crippen LogP contribution in [0.3, 0.4) is 0 Å². The third-order valence-corrected chi connectivity index (χ3v) is 4.04. The van der Waals surface area contributed by atoms with Gasteiger partial charge in [0.05, 0.1) is 7.11 Å². The van der Waals surface area contributed by atoms with Crippen molar-refractivity contribution in [2.45, 2.75) is 31.7 Å². The maximum Gasteiger partial charge on any atom is 0.220 e. The average molecular weight is 378 g/mol. The summed E-state index contributed by atoms with van der Waals surface area (Å²) in [7, 11) is 3.59. The zero-order valence-corrected chi connectivity index (χ0v) is 16.0. The van der Waals surface area contributed by atoms with E-state index in [0.29, 0.717) is 6.42 Å². The van der Waals surface area contributed by atoms with Crippen LogP contribution in [0.2, 0.25) is 0 Å². The lowest BCUT2D eigenvalue weighted by atomic mass is 10.0. The van der Waals surface area contributed by atoms with Crippen LogP contribution in [0.5, 0.6) is 5.75 Å². The highest BCUT2D eigenvalue weighted by Gasteiger charge is 2.21. The van der Waals surface area contributed by atoms with Crippen molar-refractivity contribution < 1.29 is 9.53 Å². The molecule has 0 bridgehead atoms. The summed E-state index contributed by atoms with van der Waals surface area (Å²) in [5, 5.41) is 6.23. The van der Waals surface area contributed by atoms with E-state index in [1.807, 2.05) is 19.2 Å². The smallest absolute Gasteiger partial charge is 0.220 e. The number of amides is 1. The van der Waals surface area contributed by atoms with Gasteiger partial charge in [0, 0.05) is 37.3 Å². The lowest BCUT2D eigenvalue weighted by molar-refractivity contribution is -0.121. The molecule has 1 saturated heterocycles. The first-order chi connectivity index (χ1) is 10.7. The number of ether oxygens (including phenoxy) is 1. The summed E-state index contributed by atoms with van der Waals surface area (Å²) >= 11 is 0. The van der Waals surface area contributed by atoms with E-state index in [0.717, 1.165) is 50.3 Å². The van der Waals surface area contributed by atoms with Crippen LogP contribution < -0.4 is 20.3 Å². The molecule has 0 spiro atoms. The number of benzene rings is 1. The fraction of sp³-hybridized carbons (Fsp3) is 0.588. The molecule has 1 aromatic carbocycles. The molecule has 7 heteroatoms. The van der Waals surface area contributed by atoms with Crippen molar-refractivity contribution in [2.24, 2.45) is 0 Å². The number of hydrogen-bond acceptors (Lipinski definition) is 4. The first kappa shape index (κ1) is 22.8. The Labute approximate surface area is 157 Å². The van der Waals surface area contributed by atoms with E-state index in [1.165, 1.54) is 0 Å². The van der Waals surface area contributed by atoms with Crippen molar-refractivity contribution in [1.82, 2.24) is 10.6 Å². The molecule has 0 aliphatic carbocycles. The number of carbonyl (C=O) groups excluding carboxylic acids is 1. The van der Waals surface area contributed by atoms with E-state index in [-0.39, 0.29) is 36.8 Å². The number of anilines is 1. The fourth-order valence-corrected chi connectivity index (χ4v) is 2.86. The minimum atomic E-state index is 0. The Hall–Kier alpha value is -1.17. The van der Waals surface area contributed by atoms with Crippen LogP contribution in [0.15, 0.2) is 24.3 Å². The number of nitrogens with zero attached hydrogens (tertiary/aromatic N) is 1. The van der Waals surface area contributed by atoms with E-state index in [2.05, 4.69) is 27.7 Å². The van der Waals surface area contributed by atoms with Crippen molar-refractivity contribution in [1.29, 1.82) is 0 Å². The van der Waals surface area contributed by atoms with Gasteiger partial charge in [0.2, 0.25) is 5.91 Å². The molecule has 138 valence electrons. The molecule has 1 amide bonds. The summed E-state index contributed by atoms with van der Waals surface area (Å²) in [6.45, 7) is 2.78. The molecule has 0 saturated carbocycles. The molecule has 1 aliphatic heterocycles. The normalized spacial score (nSPS) is 16.6. The van der Waals surface area contributed by atoms with Gasteiger partial charge in [-0.3, -0.25) is 4.79 Å². The molecule has 1 atom stereocenters. The summed E-state index contributed by atoms with van der Waals surface area (Å²) in [5.74, 6) is 1.03. The van der Waals surface area contributed by atoms with Crippen molar-refractivity contribution in [3.63, 3.8) is 0 Å². The summed E-state index contributed by atoms with van der Waals surface area (Å²) in [6.07, 6.45) is 3.63. The van der Waals surface area contributed by atoms with E-state index in [1.54, 1.807) is 7.11 Å². The zero-order chi connectivity index (χ0) is 15.8.